The predicted molar refractivity (Wildman–Crippen MR) is 107 cm³/mol. The number of amides is 1. The number of nitrogens with zero attached hydrogens (tertiary/aromatic N) is 2. The number of carbonyl (C=O) groups is 1. The number of guanidine groups is 1. The number of rotatable bonds is 5. The molecule has 1 atom stereocenters. The average molecular weight is 363 g/mol. The van der Waals surface area contributed by atoms with Crippen LogP contribution in [0.5, 0.6) is 0 Å². The molecule has 1 heterocycles. The molecule has 6 heteroatoms. The zero-order valence-corrected chi connectivity index (χ0v) is 16.5. The Balaban J connectivity index is 1.97. The van der Waals surface area contributed by atoms with Gasteiger partial charge in [0.15, 0.2) is 5.96 Å². The molecule has 25 heavy (non-hydrogen) atoms. The van der Waals surface area contributed by atoms with Gasteiger partial charge in [0.2, 0.25) is 0 Å². The summed E-state index contributed by atoms with van der Waals surface area (Å²) in [5.41, 5.74) is 1.78. The van der Waals surface area contributed by atoms with Gasteiger partial charge in [0.25, 0.3) is 5.91 Å². The number of thioether (sulfide) groups is 1. The largest absolute Gasteiger partial charge is 0.352 e. The predicted octanol–water partition coefficient (Wildman–Crippen LogP) is 2.59. The molecule has 138 valence electrons. The molecule has 1 aliphatic heterocycles. The Morgan fingerprint density at radius 1 is 1.40 bits per heavy atom. The van der Waals surface area contributed by atoms with Crippen LogP contribution in [-0.2, 0) is 6.54 Å². The lowest BCUT2D eigenvalue weighted by Crippen LogP contribution is -2.48. The number of carbonyl (C=O) groups excluding carboxylic acids is 1. The fourth-order valence-corrected chi connectivity index (χ4v) is 4.17. The van der Waals surface area contributed by atoms with Crippen LogP contribution < -0.4 is 10.6 Å². The first-order valence-corrected chi connectivity index (χ1v) is 10.0. The van der Waals surface area contributed by atoms with Crippen molar-refractivity contribution >= 4 is 23.6 Å². The third-order valence-electron chi connectivity index (χ3n) is 4.33. The summed E-state index contributed by atoms with van der Waals surface area (Å²) in [5.74, 6) is 2.71. The smallest absolute Gasteiger partial charge is 0.251 e. The van der Waals surface area contributed by atoms with Crippen LogP contribution in [0.2, 0.25) is 0 Å². The van der Waals surface area contributed by atoms with Gasteiger partial charge in [-0.25, -0.2) is 0 Å². The van der Waals surface area contributed by atoms with E-state index in [1.807, 2.05) is 38.2 Å². The molecule has 1 fully saturated rings. The molecule has 1 aromatic carbocycles. The van der Waals surface area contributed by atoms with E-state index in [0.29, 0.717) is 29.8 Å². The molecule has 1 amide bonds. The van der Waals surface area contributed by atoms with Gasteiger partial charge in [-0.1, -0.05) is 26.0 Å². The first kappa shape index (κ1) is 19.6. The highest BCUT2D eigenvalue weighted by molar-refractivity contribution is 8.00. The van der Waals surface area contributed by atoms with Gasteiger partial charge in [-0.15, -0.1) is 0 Å². The van der Waals surface area contributed by atoms with Crippen molar-refractivity contribution in [3.8, 4) is 0 Å². The van der Waals surface area contributed by atoms with Gasteiger partial charge in [0.05, 0.1) is 0 Å². The van der Waals surface area contributed by atoms with Gasteiger partial charge >= 0.3 is 0 Å². The van der Waals surface area contributed by atoms with Gasteiger partial charge in [0, 0.05) is 49.8 Å². The normalized spacial score (nSPS) is 18.4. The van der Waals surface area contributed by atoms with Crippen molar-refractivity contribution in [2.45, 2.75) is 32.6 Å². The first-order valence-electron chi connectivity index (χ1n) is 8.99. The highest BCUT2D eigenvalue weighted by Gasteiger charge is 2.24. The Kier molecular flexibility index (Phi) is 7.62. The second kappa shape index (κ2) is 9.70. The summed E-state index contributed by atoms with van der Waals surface area (Å²) in [5, 5.41) is 6.93. The van der Waals surface area contributed by atoms with E-state index in [1.165, 1.54) is 0 Å². The maximum atomic E-state index is 12.0. The lowest BCUT2D eigenvalue weighted by atomic mass is 10.1. The van der Waals surface area contributed by atoms with Crippen molar-refractivity contribution in [2.75, 3.05) is 32.4 Å². The Hall–Kier alpha value is -1.69. The van der Waals surface area contributed by atoms with Crippen molar-refractivity contribution in [2.24, 2.45) is 10.9 Å². The number of nitrogens with one attached hydrogen (secondary N) is 2. The van der Waals surface area contributed by atoms with E-state index >= 15 is 0 Å². The Morgan fingerprint density at radius 3 is 2.88 bits per heavy atom. The molecule has 1 unspecified atom stereocenters. The van der Waals surface area contributed by atoms with E-state index in [0.717, 1.165) is 30.4 Å². The van der Waals surface area contributed by atoms with Crippen molar-refractivity contribution < 1.29 is 4.79 Å². The van der Waals surface area contributed by atoms with E-state index in [1.54, 1.807) is 0 Å². The zero-order valence-electron chi connectivity index (χ0n) is 15.7. The number of hydrogen-bond donors (Lipinski definition) is 2. The van der Waals surface area contributed by atoms with E-state index < -0.39 is 0 Å². The fourth-order valence-electron chi connectivity index (χ4n) is 2.87. The van der Waals surface area contributed by atoms with Crippen LogP contribution in [0.3, 0.4) is 0 Å². The lowest BCUT2D eigenvalue weighted by Gasteiger charge is -2.36. The van der Waals surface area contributed by atoms with Crippen molar-refractivity contribution in [1.29, 1.82) is 0 Å². The molecule has 1 aromatic rings. The monoisotopic (exact) mass is 362 g/mol. The average Bonchev–Trinajstić information content (AvgIpc) is 2.63. The molecule has 1 saturated heterocycles. The van der Waals surface area contributed by atoms with Gasteiger partial charge in [0.1, 0.15) is 0 Å². The summed E-state index contributed by atoms with van der Waals surface area (Å²) in [4.78, 5) is 18.8. The minimum absolute atomic E-state index is 0.0263. The molecular weight excluding hydrogens is 332 g/mol. The molecule has 2 rings (SSSR count). The molecule has 0 bridgehead atoms. The highest BCUT2D eigenvalue weighted by Crippen LogP contribution is 2.24. The van der Waals surface area contributed by atoms with Crippen LogP contribution in [0.15, 0.2) is 29.3 Å². The summed E-state index contributed by atoms with van der Waals surface area (Å²) in [6.45, 7) is 9.84. The third-order valence-corrected chi connectivity index (χ3v) is 5.87. The van der Waals surface area contributed by atoms with E-state index in [9.17, 15) is 4.79 Å². The molecule has 5 nitrogen and oxygen atoms in total. The van der Waals surface area contributed by atoms with Crippen LogP contribution in [-0.4, -0.2) is 54.5 Å². The van der Waals surface area contributed by atoms with Gasteiger partial charge in [-0.2, -0.15) is 11.8 Å². The maximum Gasteiger partial charge on any atom is 0.251 e. The SMILES string of the molecule is CCNC(=O)c1cccc(CNC(=NC)N2CCSC(C(C)C)C2)c1. The van der Waals surface area contributed by atoms with Crippen LogP contribution in [0, 0.1) is 5.92 Å². The van der Waals surface area contributed by atoms with E-state index in [4.69, 9.17) is 0 Å². The topological polar surface area (TPSA) is 56.7 Å². The molecule has 0 spiro atoms. The fraction of sp³-hybridized carbons (Fsp3) is 0.579. The number of aliphatic imine (C=N–C) groups is 1. The molecule has 0 aliphatic carbocycles. The molecule has 0 aromatic heterocycles. The summed E-state index contributed by atoms with van der Waals surface area (Å²) in [6.07, 6.45) is 0. The third kappa shape index (κ3) is 5.66. The van der Waals surface area contributed by atoms with Crippen molar-refractivity contribution in [1.82, 2.24) is 15.5 Å². The molecular formula is C19H30N4OS. The second-order valence-corrected chi connectivity index (χ2v) is 7.91. The minimum Gasteiger partial charge on any atom is -0.352 e. The Morgan fingerprint density at radius 2 is 2.20 bits per heavy atom. The van der Waals surface area contributed by atoms with Crippen LogP contribution >= 0.6 is 11.8 Å². The maximum absolute atomic E-state index is 12.0. The highest BCUT2D eigenvalue weighted by atomic mass is 32.2. The van der Waals surface area contributed by atoms with Gasteiger partial charge < -0.3 is 15.5 Å². The molecule has 0 saturated carbocycles. The van der Waals surface area contributed by atoms with E-state index in [2.05, 4.69) is 46.1 Å². The first-order chi connectivity index (χ1) is 12.0. The second-order valence-electron chi connectivity index (χ2n) is 6.56. The van der Waals surface area contributed by atoms with Gasteiger partial charge in [-0.3, -0.25) is 9.79 Å². The summed E-state index contributed by atoms with van der Waals surface area (Å²) in [7, 11) is 1.83. The number of hydrogen-bond acceptors (Lipinski definition) is 3. The molecule has 1 aliphatic rings. The summed E-state index contributed by atoms with van der Waals surface area (Å²) < 4.78 is 0. The van der Waals surface area contributed by atoms with Crippen LogP contribution in [0.1, 0.15) is 36.7 Å². The van der Waals surface area contributed by atoms with Crippen molar-refractivity contribution in [3.05, 3.63) is 35.4 Å². The van der Waals surface area contributed by atoms with Crippen LogP contribution in [0.4, 0.5) is 0 Å². The molecule has 0 radical (unpaired) electrons. The lowest BCUT2D eigenvalue weighted by molar-refractivity contribution is 0.0955. The molecule has 2 N–H and O–H groups in total. The quantitative estimate of drug-likeness (QED) is 0.624. The number of benzene rings is 1. The minimum atomic E-state index is -0.0263. The van der Waals surface area contributed by atoms with Crippen molar-refractivity contribution in [3.63, 3.8) is 0 Å². The Labute approximate surface area is 155 Å². The van der Waals surface area contributed by atoms with E-state index in [-0.39, 0.29) is 5.91 Å². The summed E-state index contributed by atoms with van der Waals surface area (Å²) >= 11 is 2.06. The zero-order chi connectivity index (χ0) is 18.2. The van der Waals surface area contributed by atoms with Crippen LogP contribution in [0.25, 0.3) is 0 Å². The standard InChI is InChI=1S/C19H30N4OS/c1-5-21-18(24)16-8-6-7-15(11-16)12-22-19(20-4)23-9-10-25-17(13-23)14(2)3/h6-8,11,14,17H,5,9-10,12-13H2,1-4H3,(H,20,22)(H,21,24). The summed E-state index contributed by atoms with van der Waals surface area (Å²) in [6, 6.07) is 7.75. The Bertz CT molecular complexity index is 603. The van der Waals surface area contributed by atoms with Gasteiger partial charge in [-0.05, 0) is 30.5 Å².